The molecule has 0 aliphatic rings. The SMILES string of the molecule is C.COC(=O)N(C)c1c(N)nc(-c2nn(Cc3ccccc3F)c3ncccc23)nc1N.COC(=O)N(C)c1c(N)nc(-c2nn(Cc3ccccc3F)c3ncccc23)nc1N.CS(C)=O.II. The third-order valence-corrected chi connectivity index (χ3v) is 9.44. The Morgan fingerprint density at radius 3 is 1.25 bits per heavy atom. The lowest BCUT2D eigenvalue weighted by Crippen LogP contribution is -2.28. The van der Waals surface area contributed by atoms with Gasteiger partial charge in [0.25, 0.3) is 0 Å². The average Bonchev–Trinajstić information content (AvgIpc) is 3.88. The van der Waals surface area contributed by atoms with Crippen LogP contribution in [0.2, 0.25) is 0 Å². The van der Waals surface area contributed by atoms with Crippen molar-refractivity contribution in [3.63, 3.8) is 0 Å². The molecule has 8 aromatic rings. The summed E-state index contributed by atoms with van der Waals surface area (Å²) in [7, 11) is 4.75. The van der Waals surface area contributed by atoms with Crippen LogP contribution in [-0.2, 0) is 33.4 Å². The molecular weight excluding hydrogens is 1140 g/mol. The van der Waals surface area contributed by atoms with Crippen LogP contribution in [0.4, 0.5) is 53.0 Å². The van der Waals surface area contributed by atoms with E-state index < -0.39 is 23.0 Å². The van der Waals surface area contributed by atoms with Crippen LogP contribution in [0.5, 0.6) is 0 Å². The molecule has 0 unspecified atom stereocenters. The highest BCUT2D eigenvalue weighted by atomic mass is 128. The minimum atomic E-state index is -0.668. The van der Waals surface area contributed by atoms with Crippen LogP contribution in [0.1, 0.15) is 18.6 Å². The Balaban J connectivity index is 0.000000266. The lowest BCUT2D eigenvalue weighted by molar-refractivity contribution is 0.179. The van der Waals surface area contributed by atoms with Crippen molar-refractivity contribution in [2.45, 2.75) is 20.5 Å². The fraction of sp³-hybridized carbons (Fsp3) is 0.209. The third-order valence-electron chi connectivity index (χ3n) is 9.44. The lowest BCUT2D eigenvalue weighted by Gasteiger charge is -2.18. The zero-order valence-corrected chi connectivity index (χ0v) is 42.3. The van der Waals surface area contributed by atoms with E-state index in [9.17, 15) is 22.6 Å². The van der Waals surface area contributed by atoms with E-state index in [0.717, 1.165) is 9.80 Å². The fourth-order valence-corrected chi connectivity index (χ4v) is 6.48. The van der Waals surface area contributed by atoms with Crippen molar-refractivity contribution < 1.29 is 32.1 Å². The maximum Gasteiger partial charge on any atom is 0.413 e. The molecule has 0 aliphatic heterocycles. The number of pyridine rings is 2. The van der Waals surface area contributed by atoms with Gasteiger partial charge in [0.1, 0.15) is 34.4 Å². The van der Waals surface area contributed by atoms with Crippen LogP contribution in [0.15, 0.2) is 85.2 Å². The van der Waals surface area contributed by atoms with Gasteiger partial charge in [-0.05, 0) is 36.4 Å². The number of fused-ring (bicyclic) bond motifs is 2. The Morgan fingerprint density at radius 2 is 0.942 bits per heavy atom. The van der Waals surface area contributed by atoms with Crippen molar-refractivity contribution in [2.24, 2.45) is 0 Å². The molecule has 0 spiro atoms. The number of aromatic nitrogens is 10. The molecule has 69 heavy (non-hydrogen) atoms. The van der Waals surface area contributed by atoms with Crippen molar-refractivity contribution in [1.29, 1.82) is 0 Å². The van der Waals surface area contributed by atoms with Crippen LogP contribution in [-0.4, -0.2) is 107 Å². The highest BCUT2D eigenvalue weighted by molar-refractivity contribution is 15.0. The van der Waals surface area contributed by atoms with E-state index in [0.29, 0.717) is 44.6 Å². The second-order valence-corrected chi connectivity index (χ2v) is 15.6. The van der Waals surface area contributed by atoms with Crippen LogP contribution in [0.3, 0.4) is 0 Å². The number of carbonyl (C=O) groups excluding carboxylic acids is 2. The Morgan fingerprint density at radius 1 is 0.623 bits per heavy atom. The molecule has 0 aliphatic carbocycles. The van der Waals surface area contributed by atoms with Gasteiger partial charge >= 0.3 is 12.2 Å². The van der Waals surface area contributed by atoms with Gasteiger partial charge in [0.05, 0.1) is 38.1 Å². The summed E-state index contributed by atoms with van der Waals surface area (Å²) in [4.78, 5) is 51.8. The number of ether oxygens (including phenoxy) is 2. The molecule has 21 nitrogen and oxygen atoms in total. The minimum Gasteiger partial charge on any atom is -0.452 e. The lowest BCUT2D eigenvalue weighted by atomic mass is 10.2. The summed E-state index contributed by atoms with van der Waals surface area (Å²) in [5, 5.41) is 10.4. The molecule has 2 aromatic carbocycles. The number of carbonyl (C=O) groups is 2. The second kappa shape index (κ2) is 24.9. The number of amides is 2. The number of benzene rings is 2. The van der Waals surface area contributed by atoms with Gasteiger partial charge in [-0.1, -0.05) is 43.8 Å². The molecule has 0 radical (unpaired) electrons. The van der Waals surface area contributed by atoms with Crippen molar-refractivity contribution in [2.75, 3.05) is 73.6 Å². The second-order valence-electron chi connectivity index (χ2n) is 14.1. The van der Waals surface area contributed by atoms with Crippen LogP contribution >= 0.6 is 37.2 Å². The van der Waals surface area contributed by atoms with Gasteiger partial charge in [-0.15, -0.1) is 0 Å². The molecule has 8 rings (SSSR count). The number of rotatable bonds is 8. The summed E-state index contributed by atoms with van der Waals surface area (Å²) in [6.07, 6.45) is 5.17. The summed E-state index contributed by atoms with van der Waals surface area (Å²) in [6.45, 7) is 0.322. The van der Waals surface area contributed by atoms with Crippen LogP contribution in [0, 0.1) is 11.6 Å². The van der Waals surface area contributed by atoms with E-state index in [1.165, 1.54) is 40.4 Å². The van der Waals surface area contributed by atoms with E-state index in [1.54, 1.807) is 94.9 Å². The maximum atomic E-state index is 14.2. The van der Waals surface area contributed by atoms with Crippen molar-refractivity contribution in [3.8, 4) is 23.0 Å². The monoisotopic (exact) mass is 1190 g/mol. The largest absolute Gasteiger partial charge is 0.452 e. The molecule has 0 saturated heterocycles. The maximum absolute atomic E-state index is 14.2. The number of nitrogens with zero attached hydrogens (tertiary/aromatic N) is 12. The number of nitrogens with two attached hydrogens (primary N) is 4. The molecule has 26 heteroatoms. The first kappa shape index (κ1) is 54.7. The fourth-order valence-electron chi connectivity index (χ4n) is 6.48. The number of nitrogen functional groups attached to an aromatic ring is 4. The summed E-state index contributed by atoms with van der Waals surface area (Å²) < 4.78 is 50.4. The number of anilines is 6. The van der Waals surface area contributed by atoms with Gasteiger partial charge in [0.2, 0.25) is 0 Å². The Bertz CT molecular complexity index is 2860. The summed E-state index contributed by atoms with van der Waals surface area (Å²) in [5.41, 5.74) is 27.2. The van der Waals surface area contributed by atoms with E-state index in [2.05, 4.69) is 86.8 Å². The molecule has 0 saturated carbocycles. The molecule has 6 heterocycles. The normalized spacial score (nSPS) is 10.4. The smallest absolute Gasteiger partial charge is 0.413 e. The quantitative estimate of drug-likeness (QED) is 0.109. The van der Waals surface area contributed by atoms with E-state index >= 15 is 0 Å². The predicted octanol–water partition coefficient (Wildman–Crippen LogP) is 7.29. The standard InChI is InChI=1S/2C20H19FN8O2.C2H6OS.CH4.I2/c2*1-28(20(30)31-2)15-16(22)25-18(26-17(15)23)14-12-7-5-9-24-19(12)29(27-14)10-11-6-3-4-8-13(11)21;1-4(2)3;;1-2/h2*3-9H,10H2,1-2H3,(H4,22,23,25,26);1-2H3;1H4;. The summed E-state index contributed by atoms with van der Waals surface area (Å²) >= 11 is 4.24. The number of hydrogen-bond donors (Lipinski definition) is 4. The van der Waals surface area contributed by atoms with Gasteiger partial charge < -0.3 is 32.4 Å². The molecule has 0 bridgehead atoms. The van der Waals surface area contributed by atoms with Gasteiger partial charge in [0, 0.05) is 98.2 Å². The van der Waals surface area contributed by atoms with E-state index in [-0.39, 0.29) is 78.4 Å². The zero-order valence-electron chi connectivity index (χ0n) is 37.1. The number of methoxy groups -OCH3 is 2. The average molecular weight is 1190 g/mol. The summed E-state index contributed by atoms with van der Waals surface area (Å²) in [5.74, 6) is -0.448. The van der Waals surface area contributed by atoms with E-state index in [4.69, 9.17) is 22.9 Å². The van der Waals surface area contributed by atoms with Crippen LogP contribution in [0.25, 0.3) is 45.1 Å². The van der Waals surface area contributed by atoms with Crippen molar-refractivity contribution in [3.05, 3.63) is 108 Å². The molecule has 364 valence electrons. The molecular formula is C43H48F2I2N16O5S. The summed E-state index contributed by atoms with van der Waals surface area (Å²) in [6, 6.07) is 19.9. The first-order chi connectivity index (χ1) is 32.5. The van der Waals surface area contributed by atoms with Crippen LogP contribution < -0.4 is 32.7 Å². The first-order valence-electron chi connectivity index (χ1n) is 19.5. The van der Waals surface area contributed by atoms with Gasteiger partial charge in [0.15, 0.2) is 46.2 Å². The third kappa shape index (κ3) is 12.8. The minimum absolute atomic E-state index is 0. The molecule has 0 fully saturated rings. The number of halogens is 4. The van der Waals surface area contributed by atoms with Crippen molar-refractivity contribution >= 4 is 117 Å². The molecule has 0 atom stereocenters. The zero-order chi connectivity index (χ0) is 49.8. The predicted molar refractivity (Wildman–Crippen MR) is 282 cm³/mol. The molecule has 8 N–H and O–H groups in total. The topological polar surface area (TPSA) is 293 Å². The number of hydrogen-bond acceptors (Lipinski definition) is 17. The van der Waals surface area contributed by atoms with Gasteiger partial charge in [-0.25, -0.2) is 57.6 Å². The van der Waals surface area contributed by atoms with E-state index in [1.807, 2.05) is 0 Å². The van der Waals surface area contributed by atoms with Gasteiger partial charge in [-0.2, -0.15) is 10.2 Å². The molecule has 6 aromatic heterocycles. The Hall–Kier alpha value is -6.95. The first-order valence-corrected chi connectivity index (χ1v) is 27.8. The van der Waals surface area contributed by atoms with Crippen molar-refractivity contribution in [1.82, 2.24) is 49.5 Å². The highest BCUT2D eigenvalue weighted by Crippen LogP contribution is 2.34. The molecule has 2 amide bonds. The Labute approximate surface area is 420 Å². The highest BCUT2D eigenvalue weighted by Gasteiger charge is 2.25. The van der Waals surface area contributed by atoms with Gasteiger partial charge in [-0.3, -0.25) is 14.0 Å². The Kier molecular flexibility index (Phi) is 19.7.